The zero-order valence-corrected chi connectivity index (χ0v) is 15.3. The first kappa shape index (κ1) is 17.2. The summed E-state index contributed by atoms with van der Waals surface area (Å²) >= 11 is 3.43. The minimum absolute atomic E-state index is 0.0736. The van der Waals surface area contributed by atoms with E-state index < -0.39 is 0 Å². The van der Waals surface area contributed by atoms with E-state index >= 15 is 0 Å². The number of anilines is 1. The fourth-order valence-electron chi connectivity index (χ4n) is 2.19. The lowest BCUT2D eigenvalue weighted by Gasteiger charge is -2.09. The van der Waals surface area contributed by atoms with Crippen molar-refractivity contribution in [3.63, 3.8) is 0 Å². The standard InChI is InChI=1S/C18H16BrN3O3/c1-11-9-14(5-8-16(11)19)21-17(23)10-24-15-6-3-13(4-7-15)18-20-12(2)25-22-18/h3-9H,10H2,1-2H3,(H,21,23). The van der Waals surface area contributed by atoms with Gasteiger partial charge in [-0.3, -0.25) is 4.79 Å². The second kappa shape index (κ2) is 7.48. The maximum Gasteiger partial charge on any atom is 0.262 e. The van der Waals surface area contributed by atoms with E-state index in [1.165, 1.54) is 0 Å². The van der Waals surface area contributed by atoms with Crippen LogP contribution in [0.3, 0.4) is 0 Å². The van der Waals surface area contributed by atoms with Gasteiger partial charge < -0.3 is 14.6 Å². The van der Waals surface area contributed by atoms with Gasteiger partial charge in [-0.25, -0.2) is 0 Å². The number of nitrogens with zero attached hydrogens (tertiary/aromatic N) is 2. The average molecular weight is 402 g/mol. The summed E-state index contributed by atoms with van der Waals surface area (Å²) in [6, 6.07) is 12.8. The van der Waals surface area contributed by atoms with Crippen molar-refractivity contribution in [3.8, 4) is 17.1 Å². The quantitative estimate of drug-likeness (QED) is 0.695. The molecule has 6 nitrogen and oxygen atoms in total. The fourth-order valence-corrected chi connectivity index (χ4v) is 2.43. The van der Waals surface area contributed by atoms with Crippen molar-refractivity contribution in [2.24, 2.45) is 0 Å². The first-order valence-corrected chi connectivity index (χ1v) is 8.40. The molecule has 0 bridgehead atoms. The van der Waals surface area contributed by atoms with Crippen LogP contribution in [-0.4, -0.2) is 22.7 Å². The molecule has 0 spiro atoms. The maximum atomic E-state index is 12.0. The average Bonchev–Trinajstić information content (AvgIpc) is 3.03. The highest BCUT2D eigenvalue weighted by Gasteiger charge is 2.07. The van der Waals surface area contributed by atoms with E-state index in [0.29, 0.717) is 17.5 Å². The Kier molecular flexibility index (Phi) is 5.14. The van der Waals surface area contributed by atoms with Crippen LogP contribution in [0, 0.1) is 13.8 Å². The molecule has 0 aliphatic heterocycles. The smallest absolute Gasteiger partial charge is 0.262 e. The summed E-state index contributed by atoms with van der Waals surface area (Å²) in [4.78, 5) is 16.2. The minimum atomic E-state index is -0.223. The summed E-state index contributed by atoms with van der Waals surface area (Å²) in [5, 5.41) is 6.66. The molecule has 2 aromatic carbocycles. The zero-order valence-electron chi connectivity index (χ0n) is 13.7. The number of hydrogen-bond acceptors (Lipinski definition) is 5. The lowest BCUT2D eigenvalue weighted by Crippen LogP contribution is -2.20. The molecule has 1 N–H and O–H groups in total. The molecule has 0 saturated heterocycles. The van der Waals surface area contributed by atoms with Crippen LogP contribution < -0.4 is 10.1 Å². The van der Waals surface area contributed by atoms with Crippen LogP contribution >= 0.6 is 15.9 Å². The molecule has 1 aromatic heterocycles. The Hall–Kier alpha value is -2.67. The third-order valence-corrected chi connectivity index (χ3v) is 4.34. The van der Waals surface area contributed by atoms with E-state index in [0.717, 1.165) is 21.3 Å². The Morgan fingerprint density at radius 2 is 1.96 bits per heavy atom. The van der Waals surface area contributed by atoms with Gasteiger partial charge in [0.25, 0.3) is 5.91 Å². The first-order valence-electron chi connectivity index (χ1n) is 7.61. The summed E-state index contributed by atoms with van der Waals surface area (Å²) in [6.07, 6.45) is 0. The number of rotatable bonds is 5. The lowest BCUT2D eigenvalue weighted by atomic mass is 10.2. The van der Waals surface area contributed by atoms with Gasteiger partial charge in [-0.05, 0) is 55.0 Å². The number of nitrogens with one attached hydrogen (secondary N) is 1. The van der Waals surface area contributed by atoms with E-state index in [4.69, 9.17) is 9.26 Å². The van der Waals surface area contributed by atoms with Crippen LogP contribution in [0.4, 0.5) is 5.69 Å². The lowest BCUT2D eigenvalue weighted by molar-refractivity contribution is -0.118. The van der Waals surface area contributed by atoms with E-state index in [9.17, 15) is 4.79 Å². The summed E-state index contributed by atoms with van der Waals surface area (Å²) < 4.78 is 11.5. The first-order chi connectivity index (χ1) is 12.0. The van der Waals surface area contributed by atoms with Crippen LogP contribution in [0.15, 0.2) is 51.5 Å². The van der Waals surface area contributed by atoms with Crippen LogP contribution in [0.2, 0.25) is 0 Å². The second-order valence-corrected chi connectivity index (χ2v) is 6.32. The number of hydrogen-bond donors (Lipinski definition) is 1. The van der Waals surface area contributed by atoms with Gasteiger partial charge in [0.2, 0.25) is 11.7 Å². The molecule has 0 unspecified atom stereocenters. The number of ether oxygens (including phenoxy) is 1. The minimum Gasteiger partial charge on any atom is -0.484 e. The summed E-state index contributed by atoms with van der Waals surface area (Å²) in [5.41, 5.74) is 2.60. The molecule has 1 amide bonds. The van der Waals surface area contributed by atoms with Crippen molar-refractivity contribution in [3.05, 3.63) is 58.4 Å². The summed E-state index contributed by atoms with van der Waals surface area (Å²) in [7, 11) is 0. The van der Waals surface area contributed by atoms with E-state index in [-0.39, 0.29) is 12.5 Å². The molecular formula is C18H16BrN3O3. The summed E-state index contributed by atoms with van der Waals surface area (Å²) in [5.74, 6) is 1.40. The Balaban J connectivity index is 1.55. The predicted octanol–water partition coefficient (Wildman–Crippen LogP) is 4.13. The SMILES string of the molecule is Cc1nc(-c2ccc(OCC(=O)Nc3ccc(Br)c(C)c3)cc2)no1. The van der Waals surface area contributed by atoms with Gasteiger partial charge in [0, 0.05) is 22.6 Å². The molecule has 7 heteroatoms. The number of aromatic nitrogens is 2. The fraction of sp³-hybridized carbons (Fsp3) is 0.167. The third kappa shape index (κ3) is 4.45. The maximum absolute atomic E-state index is 12.0. The molecule has 128 valence electrons. The molecule has 0 aliphatic carbocycles. The Morgan fingerprint density at radius 3 is 2.60 bits per heavy atom. The number of aryl methyl sites for hydroxylation is 2. The van der Waals surface area contributed by atoms with Crippen molar-refractivity contribution in [2.75, 3.05) is 11.9 Å². The van der Waals surface area contributed by atoms with E-state index in [1.807, 2.05) is 37.3 Å². The highest BCUT2D eigenvalue weighted by atomic mass is 79.9. The van der Waals surface area contributed by atoms with Crippen molar-refractivity contribution < 1.29 is 14.1 Å². The molecule has 0 radical (unpaired) electrons. The van der Waals surface area contributed by atoms with Gasteiger partial charge in [0.15, 0.2) is 6.61 Å². The highest BCUT2D eigenvalue weighted by molar-refractivity contribution is 9.10. The van der Waals surface area contributed by atoms with Crippen LogP contribution in [0.1, 0.15) is 11.5 Å². The molecule has 0 saturated carbocycles. The number of halogens is 1. The predicted molar refractivity (Wildman–Crippen MR) is 97.5 cm³/mol. The summed E-state index contributed by atoms with van der Waals surface area (Å²) in [6.45, 7) is 3.62. The molecule has 0 fully saturated rings. The third-order valence-electron chi connectivity index (χ3n) is 3.45. The number of amides is 1. The Bertz CT molecular complexity index is 891. The Morgan fingerprint density at radius 1 is 1.20 bits per heavy atom. The van der Waals surface area contributed by atoms with Crippen molar-refractivity contribution in [2.45, 2.75) is 13.8 Å². The van der Waals surface area contributed by atoms with Gasteiger partial charge in [-0.2, -0.15) is 4.98 Å². The largest absolute Gasteiger partial charge is 0.484 e. The van der Waals surface area contributed by atoms with Crippen LogP contribution in [-0.2, 0) is 4.79 Å². The second-order valence-electron chi connectivity index (χ2n) is 5.46. The molecule has 25 heavy (non-hydrogen) atoms. The topological polar surface area (TPSA) is 77.2 Å². The van der Waals surface area contributed by atoms with Gasteiger partial charge in [0.1, 0.15) is 5.75 Å². The highest BCUT2D eigenvalue weighted by Crippen LogP contribution is 2.21. The van der Waals surface area contributed by atoms with Gasteiger partial charge in [-0.1, -0.05) is 21.1 Å². The van der Waals surface area contributed by atoms with Crippen LogP contribution in [0.5, 0.6) is 5.75 Å². The van der Waals surface area contributed by atoms with E-state index in [1.54, 1.807) is 19.1 Å². The molecule has 3 aromatic rings. The van der Waals surface area contributed by atoms with Crippen molar-refractivity contribution in [1.29, 1.82) is 0 Å². The monoisotopic (exact) mass is 401 g/mol. The normalized spacial score (nSPS) is 10.5. The molecule has 0 aliphatic rings. The van der Waals surface area contributed by atoms with Crippen molar-refractivity contribution in [1.82, 2.24) is 10.1 Å². The van der Waals surface area contributed by atoms with Crippen molar-refractivity contribution >= 4 is 27.5 Å². The Labute approximate surface area is 153 Å². The number of carbonyl (C=O) groups excluding carboxylic acids is 1. The number of carbonyl (C=O) groups is 1. The molecular weight excluding hydrogens is 386 g/mol. The van der Waals surface area contributed by atoms with Crippen LogP contribution in [0.25, 0.3) is 11.4 Å². The van der Waals surface area contributed by atoms with Gasteiger partial charge in [-0.15, -0.1) is 0 Å². The molecule has 0 atom stereocenters. The van der Waals surface area contributed by atoms with E-state index in [2.05, 4.69) is 31.4 Å². The zero-order chi connectivity index (χ0) is 17.8. The molecule has 1 heterocycles. The van der Waals surface area contributed by atoms with Gasteiger partial charge >= 0.3 is 0 Å². The van der Waals surface area contributed by atoms with Gasteiger partial charge in [0.05, 0.1) is 0 Å². The number of benzene rings is 2. The molecule has 3 rings (SSSR count).